The van der Waals surface area contributed by atoms with Crippen LogP contribution in [0.2, 0.25) is 0 Å². The topological polar surface area (TPSA) is 99.4 Å². The van der Waals surface area contributed by atoms with Gasteiger partial charge in [0.15, 0.2) is 11.6 Å². The van der Waals surface area contributed by atoms with Crippen molar-refractivity contribution in [3.05, 3.63) is 59.2 Å². The Morgan fingerprint density at radius 2 is 1.97 bits per heavy atom. The summed E-state index contributed by atoms with van der Waals surface area (Å²) in [6.45, 7) is 6.16. The second kappa shape index (κ2) is 9.35. The van der Waals surface area contributed by atoms with Gasteiger partial charge in [0.2, 0.25) is 11.9 Å². The molecule has 2 aliphatic rings. The maximum absolute atomic E-state index is 14.4. The molecule has 1 aromatic carbocycles. The van der Waals surface area contributed by atoms with Crippen LogP contribution in [0.4, 0.5) is 27.5 Å². The number of halogens is 1. The number of nitrogens with two attached hydrogens (primary N) is 1. The Kier molecular flexibility index (Phi) is 6.36. The number of carbonyl (C=O) groups is 1. The van der Waals surface area contributed by atoms with E-state index in [1.807, 2.05) is 18.2 Å². The van der Waals surface area contributed by atoms with Crippen LogP contribution in [0.5, 0.6) is 0 Å². The van der Waals surface area contributed by atoms with Crippen LogP contribution in [0.1, 0.15) is 18.4 Å². The van der Waals surface area contributed by atoms with Gasteiger partial charge in [0, 0.05) is 48.8 Å². The predicted octanol–water partition coefficient (Wildman–Crippen LogP) is 2.92. The highest BCUT2D eigenvalue weighted by Gasteiger charge is 2.18. The fourth-order valence-corrected chi connectivity index (χ4v) is 3.94. The fraction of sp³-hybridized carbons (Fsp3) is 0.348. The van der Waals surface area contributed by atoms with Crippen LogP contribution in [0.3, 0.4) is 0 Å². The van der Waals surface area contributed by atoms with E-state index in [1.165, 1.54) is 5.69 Å². The molecule has 1 aromatic heterocycles. The van der Waals surface area contributed by atoms with Crippen molar-refractivity contribution in [1.82, 2.24) is 14.9 Å². The van der Waals surface area contributed by atoms with E-state index >= 15 is 0 Å². The number of amides is 1. The highest BCUT2D eigenvalue weighted by atomic mass is 19.1. The summed E-state index contributed by atoms with van der Waals surface area (Å²) in [5.41, 5.74) is 9.50. The summed E-state index contributed by atoms with van der Waals surface area (Å²) in [5, 5.41) is 6.03. The Morgan fingerprint density at radius 1 is 1.19 bits per heavy atom. The first-order chi connectivity index (χ1) is 15.4. The Labute approximate surface area is 187 Å². The van der Waals surface area contributed by atoms with Gasteiger partial charge in [-0.15, -0.1) is 0 Å². The van der Waals surface area contributed by atoms with E-state index in [-0.39, 0.29) is 11.8 Å². The number of hydrogen-bond donors (Lipinski definition) is 3. The molecule has 9 heteroatoms. The molecule has 2 aromatic rings. The molecule has 1 saturated heterocycles. The number of anilines is 4. The van der Waals surface area contributed by atoms with Gasteiger partial charge in [0.25, 0.3) is 0 Å². The first-order valence-electron chi connectivity index (χ1n) is 10.7. The lowest BCUT2D eigenvalue weighted by Crippen LogP contribution is -2.44. The predicted molar refractivity (Wildman–Crippen MR) is 124 cm³/mol. The van der Waals surface area contributed by atoms with E-state index in [9.17, 15) is 9.18 Å². The van der Waals surface area contributed by atoms with Gasteiger partial charge in [-0.3, -0.25) is 4.79 Å². The van der Waals surface area contributed by atoms with Crippen LogP contribution < -0.4 is 21.3 Å². The van der Waals surface area contributed by atoms with Crippen molar-refractivity contribution < 1.29 is 9.18 Å². The molecule has 8 nitrogen and oxygen atoms in total. The third-order valence-electron chi connectivity index (χ3n) is 5.76. The maximum atomic E-state index is 14.4. The highest BCUT2D eigenvalue weighted by molar-refractivity contribution is 5.94. The highest BCUT2D eigenvalue weighted by Crippen LogP contribution is 2.27. The monoisotopic (exact) mass is 437 g/mol. The molecular formula is C23H28FN7O. The SMILES string of the molecule is Cc1cc(Nc2ncc(F)c(NC3=C(C(N)=O)CCC=C3)n2)ccc1N1CCN(C)CC1. The van der Waals surface area contributed by atoms with E-state index in [4.69, 9.17) is 5.73 Å². The minimum absolute atomic E-state index is 0.0198. The molecule has 0 atom stereocenters. The number of rotatable bonds is 6. The van der Waals surface area contributed by atoms with Crippen molar-refractivity contribution in [2.45, 2.75) is 19.8 Å². The van der Waals surface area contributed by atoms with Crippen molar-refractivity contribution in [1.29, 1.82) is 0 Å². The molecule has 168 valence electrons. The molecular weight excluding hydrogens is 409 g/mol. The van der Waals surface area contributed by atoms with Crippen LogP contribution in [-0.2, 0) is 4.79 Å². The first-order valence-corrected chi connectivity index (χ1v) is 10.7. The van der Waals surface area contributed by atoms with Crippen LogP contribution in [-0.4, -0.2) is 54.0 Å². The van der Waals surface area contributed by atoms with Crippen molar-refractivity contribution in [2.75, 3.05) is 48.8 Å². The van der Waals surface area contributed by atoms with Crippen molar-refractivity contribution in [2.24, 2.45) is 5.73 Å². The number of likely N-dealkylation sites (N-methyl/N-ethyl adjacent to an activating group) is 1. The normalized spacial score (nSPS) is 16.9. The van der Waals surface area contributed by atoms with Gasteiger partial charge < -0.3 is 26.2 Å². The maximum Gasteiger partial charge on any atom is 0.246 e. The minimum atomic E-state index is -0.618. The van der Waals surface area contributed by atoms with E-state index < -0.39 is 11.7 Å². The number of allylic oxidation sites excluding steroid dienone is 2. The summed E-state index contributed by atoms with van der Waals surface area (Å²) in [6, 6.07) is 6.09. The van der Waals surface area contributed by atoms with E-state index in [2.05, 4.69) is 50.4 Å². The lowest BCUT2D eigenvalue weighted by molar-refractivity contribution is -0.114. The van der Waals surface area contributed by atoms with Crippen LogP contribution >= 0.6 is 0 Å². The van der Waals surface area contributed by atoms with Gasteiger partial charge in [-0.25, -0.2) is 9.37 Å². The van der Waals surface area contributed by atoms with Crippen LogP contribution in [0.25, 0.3) is 0 Å². The molecule has 1 amide bonds. The number of nitrogens with one attached hydrogen (secondary N) is 2. The smallest absolute Gasteiger partial charge is 0.246 e. The molecule has 1 aliphatic heterocycles. The number of benzene rings is 1. The lowest BCUT2D eigenvalue weighted by atomic mass is 10.0. The summed E-state index contributed by atoms with van der Waals surface area (Å²) < 4.78 is 14.4. The Hall–Kier alpha value is -3.46. The minimum Gasteiger partial charge on any atom is -0.369 e. The fourth-order valence-electron chi connectivity index (χ4n) is 3.94. The van der Waals surface area contributed by atoms with E-state index in [0.717, 1.165) is 43.6 Å². The number of nitrogens with zero attached hydrogens (tertiary/aromatic N) is 4. The lowest BCUT2D eigenvalue weighted by Gasteiger charge is -2.35. The third kappa shape index (κ3) is 4.88. The average molecular weight is 438 g/mol. The zero-order chi connectivity index (χ0) is 22.7. The van der Waals surface area contributed by atoms with Crippen molar-refractivity contribution in [3.8, 4) is 0 Å². The van der Waals surface area contributed by atoms with Gasteiger partial charge in [-0.05, 0) is 56.7 Å². The second-order valence-electron chi connectivity index (χ2n) is 8.13. The van der Waals surface area contributed by atoms with Gasteiger partial charge in [0.1, 0.15) is 0 Å². The van der Waals surface area contributed by atoms with Gasteiger partial charge in [-0.2, -0.15) is 4.98 Å². The molecule has 32 heavy (non-hydrogen) atoms. The molecule has 1 fully saturated rings. The number of piperazine rings is 1. The number of primary amides is 1. The molecule has 0 radical (unpaired) electrons. The first kappa shape index (κ1) is 21.8. The molecule has 0 unspecified atom stereocenters. The second-order valence-corrected chi connectivity index (χ2v) is 8.13. The van der Waals surface area contributed by atoms with Crippen LogP contribution in [0, 0.1) is 12.7 Å². The standard InChI is InChI=1S/C23H28FN7O/c1-15-13-16(7-8-20(15)31-11-9-30(2)10-12-31)27-23-26-14-18(24)22(29-23)28-19-6-4-3-5-17(19)21(25)32/h4,6-8,13-14H,3,5,9-12H2,1-2H3,(H2,25,32)(H2,26,27,28,29). The third-order valence-corrected chi connectivity index (χ3v) is 5.76. The zero-order valence-corrected chi connectivity index (χ0v) is 18.4. The number of aryl methyl sites for hydroxylation is 1. The van der Waals surface area contributed by atoms with Crippen molar-refractivity contribution >= 4 is 29.0 Å². The molecule has 1 aliphatic carbocycles. The summed E-state index contributed by atoms with van der Waals surface area (Å²) in [7, 11) is 2.14. The molecule has 0 bridgehead atoms. The van der Waals surface area contributed by atoms with E-state index in [1.54, 1.807) is 6.08 Å². The summed E-state index contributed by atoms with van der Waals surface area (Å²) >= 11 is 0. The average Bonchev–Trinajstić information content (AvgIpc) is 2.77. The van der Waals surface area contributed by atoms with Gasteiger partial charge in [0.05, 0.1) is 6.20 Å². The Balaban J connectivity index is 1.51. The van der Waals surface area contributed by atoms with Gasteiger partial charge >= 0.3 is 0 Å². The quantitative estimate of drug-likeness (QED) is 0.639. The molecule has 4 rings (SSSR count). The number of hydrogen-bond acceptors (Lipinski definition) is 7. The largest absolute Gasteiger partial charge is 0.369 e. The van der Waals surface area contributed by atoms with E-state index in [0.29, 0.717) is 24.1 Å². The molecule has 0 saturated carbocycles. The van der Waals surface area contributed by atoms with Crippen LogP contribution in [0.15, 0.2) is 47.8 Å². The summed E-state index contributed by atoms with van der Waals surface area (Å²) in [6.07, 6.45) is 5.94. The molecule has 0 spiro atoms. The summed E-state index contributed by atoms with van der Waals surface area (Å²) in [4.78, 5) is 24.7. The zero-order valence-electron chi connectivity index (χ0n) is 18.4. The Bertz CT molecular complexity index is 1070. The number of carbonyl (C=O) groups excluding carboxylic acids is 1. The summed E-state index contributed by atoms with van der Waals surface area (Å²) in [5.74, 6) is -0.914. The van der Waals surface area contributed by atoms with Crippen molar-refractivity contribution in [3.63, 3.8) is 0 Å². The molecule has 2 heterocycles. The molecule has 4 N–H and O–H groups in total. The Morgan fingerprint density at radius 3 is 2.69 bits per heavy atom. The van der Waals surface area contributed by atoms with Gasteiger partial charge in [-0.1, -0.05) is 6.08 Å². The number of aromatic nitrogens is 2.